The third kappa shape index (κ3) is 3.33. The fourth-order valence-electron chi connectivity index (χ4n) is 2.29. The van der Waals surface area contributed by atoms with E-state index in [1.807, 2.05) is 24.3 Å². The minimum Gasteiger partial charge on any atom is -0.345 e. The lowest BCUT2D eigenvalue weighted by atomic mass is 10.0. The molecule has 1 aliphatic heterocycles. The van der Waals surface area contributed by atoms with Gasteiger partial charge in [0.2, 0.25) is 0 Å². The van der Waals surface area contributed by atoms with E-state index in [1.165, 1.54) is 11.0 Å². The smallest absolute Gasteiger partial charge is 0.273 e. The first-order valence-electron chi connectivity index (χ1n) is 6.97. The fourth-order valence-corrected chi connectivity index (χ4v) is 2.56. The van der Waals surface area contributed by atoms with Gasteiger partial charge in [-0.05, 0) is 37.2 Å². The van der Waals surface area contributed by atoms with E-state index in [0.29, 0.717) is 13.0 Å². The van der Waals surface area contributed by atoms with Gasteiger partial charge in [-0.25, -0.2) is 4.39 Å². The highest BCUT2D eigenvalue weighted by Gasteiger charge is 2.27. The van der Waals surface area contributed by atoms with Gasteiger partial charge in [-0.3, -0.25) is 4.79 Å². The van der Waals surface area contributed by atoms with Crippen LogP contribution in [0.4, 0.5) is 4.39 Å². The molecule has 1 aromatic carbocycles. The van der Waals surface area contributed by atoms with Gasteiger partial charge < -0.3 is 10.6 Å². The first kappa shape index (κ1) is 15.1. The van der Waals surface area contributed by atoms with E-state index in [4.69, 9.17) is 0 Å². The third-order valence-electron chi connectivity index (χ3n) is 3.51. The van der Waals surface area contributed by atoms with E-state index in [2.05, 4.69) is 36.8 Å². The number of hydrogen-bond donors (Lipinski definition) is 2. The molecular formula is C14H15BrFN5O. The van der Waals surface area contributed by atoms with Gasteiger partial charge in [-0.15, -0.1) is 5.10 Å². The largest absolute Gasteiger partial charge is 0.345 e. The molecule has 1 saturated heterocycles. The first-order chi connectivity index (χ1) is 10.6. The van der Waals surface area contributed by atoms with Crippen LogP contribution in [0.15, 0.2) is 34.9 Å². The minimum absolute atomic E-state index is 0.175. The highest BCUT2D eigenvalue weighted by Crippen LogP contribution is 2.13. The zero-order chi connectivity index (χ0) is 15.5. The first-order valence-corrected chi connectivity index (χ1v) is 7.77. The average molecular weight is 368 g/mol. The van der Waals surface area contributed by atoms with Gasteiger partial charge in [-0.2, -0.15) is 9.90 Å². The van der Waals surface area contributed by atoms with Crippen LogP contribution < -0.4 is 10.6 Å². The number of piperidine rings is 1. The summed E-state index contributed by atoms with van der Waals surface area (Å²) in [5, 5.41) is 13.8. The minimum atomic E-state index is -1.08. The fraction of sp³-hybridized carbons (Fsp3) is 0.357. The molecule has 2 N–H and O–H groups in total. The normalized spacial score (nSPS) is 21.5. The van der Waals surface area contributed by atoms with E-state index < -0.39 is 18.1 Å². The van der Waals surface area contributed by atoms with E-state index in [1.54, 1.807) is 0 Å². The maximum absolute atomic E-state index is 13.7. The average Bonchev–Trinajstić information content (AvgIpc) is 3.00. The molecule has 116 valence electrons. The number of alkyl halides is 1. The van der Waals surface area contributed by atoms with Crippen molar-refractivity contribution < 1.29 is 9.18 Å². The quantitative estimate of drug-likeness (QED) is 0.861. The molecule has 0 radical (unpaired) electrons. The number of carbonyl (C=O) groups excluding carboxylic acids is 1. The van der Waals surface area contributed by atoms with Crippen LogP contribution in [0, 0.1) is 0 Å². The SMILES string of the molecule is O=C(N[C@@H]1CCNC[C@H]1F)c1cnn(-c2ccc(Br)cc2)n1. The molecule has 1 aliphatic rings. The van der Waals surface area contributed by atoms with Gasteiger partial charge in [0.15, 0.2) is 5.69 Å². The molecule has 0 aliphatic carbocycles. The summed E-state index contributed by atoms with van der Waals surface area (Å²) in [6, 6.07) is 6.90. The molecule has 1 aromatic heterocycles. The number of halogens is 2. The maximum atomic E-state index is 13.7. The Hall–Kier alpha value is -1.80. The molecule has 0 saturated carbocycles. The predicted octanol–water partition coefficient (Wildman–Crippen LogP) is 1.46. The Labute approximate surface area is 135 Å². The second-order valence-corrected chi connectivity index (χ2v) is 6.00. The van der Waals surface area contributed by atoms with Crippen molar-refractivity contribution >= 4 is 21.8 Å². The van der Waals surface area contributed by atoms with Crippen molar-refractivity contribution in [3.63, 3.8) is 0 Å². The Balaban J connectivity index is 1.70. The molecule has 0 spiro atoms. The van der Waals surface area contributed by atoms with Crippen LogP contribution in [0.1, 0.15) is 16.9 Å². The van der Waals surface area contributed by atoms with E-state index in [9.17, 15) is 9.18 Å². The maximum Gasteiger partial charge on any atom is 0.273 e. The van der Waals surface area contributed by atoms with Crippen LogP contribution in [0.5, 0.6) is 0 Å². The summed E-state index contributed by atoms with van der Waals surface area (Å²) in [6.07, 6.45) is 0.860. The van der Waals surface area contributed by atoms with Crippen LogP contribution >= 0.6 is 15.9 Å². The summed E-state index contributed by atoms with van der Waals surface area (Å²) in [4.78, 5) is 13.5. The van der Waals surface area contributed by atoms with Crippen molar-refractivity contribution in [1.82, 2.24) is 25.6 Å². The van der Waals surface area contributed by atoms with Gasteiger partial charge in [0.05, 0.1) is 17.9 Å². The molecule has 0 unspecified atom stereocenters. The summed E-state index contributed by atoms with van der Waals surface area (Å²) in [7, 11) is 0. The molecule has 1 amide bonds. The van der Waals surface area contributed by atoms with Gasteiger partial charge >= 0.3 is 0 Å². The number of rotatable bonds is 3. The third-order valence-corrected chi connectivity index (χ3v) is 4.04. The molecule has 2 aromatic rings. The lowest BCUT2D eigenvalue weighted by Crippen LogP contribution is -2.50. The van der Waals surface area contributed by atoms with Crippen LogP contribution in [0.2, 0.25) is 0 Å². The molecular weight excluding hydrogens is 353 g/mol. The van der Waals surface area contributed by atoms with Gasteiger partial charge in [-0.1, -0.05) is 15.9 Å². The number of amides is 1. The number of hydrogen-bond acceptors (Lipinski definition) is 4. The second kappa shape index (κ2) is 6.53. The standard InChI is InChI=1S/C14H15BrFN5O/c15-9-1-3-10(4-2-9)21-18-8-13(20-21)14(22)19-12-5-6-17-7-11(12)16/h1-4,8,11-12,17H,5-7H2,(H,19,22)/t11-,12-/m1/s1. The highest BCUT2D eigenvalue weighted by atomic mass is 79.9. The van der Waals surface area contributed by atoms with Gasteiger partial charge in [0, 0.05) is 11.0 Å². The zero-order valence-electron chi connectivity index (χ0n) is 11.7. The second-order valence-electron chi connectivity index (χ2n) is 5.08. The van der Waals surface area contributed by atoms with Crippen LogP contribution in [-0.4, -0.2) is 46.2 Å². The Morgan fingerprint density at radius 2 is 2.18 bits per heavy atom. The van der Waals surface area contributed by atoms with Crippen molar-refractivity contribution in [3.8, 4) is 5.69 Å². The number of benzene rings is 1. The van der Waals surface area contributed by atoms with Crippen LogP contribution in [-0.2, 0) is 0 Å². The molecule has 2 heterocycles. The Bertz CT molecular complexity index is 660. The Morgan fingerprint density at radius 3 is 2.91 bits per heavy atom. The molecule has 6 nitrogen and oxygen atoms in total. The topological polar surface area (TPSA) is 71.8 Å². The number of nitrogens with one attached hydrogen (secondary N) is 2. The molecule has 0 bridgehead atoms. The van der Waals surface area contributed by atoms with Crippen molar-refractivity contribution in [2.24, 2.45) is 0 Å². The predicted molar refractivity (Wildman–Crippen MR) is 82.7 cm³/mol. The summed E-state index contributed by atoms with van der Waals surface area (Å²) < 4.78 is 14.7. The van der Waals surface area contributed by atoms with Crippen LogP contribution in [0.3, 0.4) is 0 Å². The lowest BCUT2D eigenvalue weighted by molar-refractivity contribution is 0.0887. The van der Waals surface area contributed by atoms with E-state index in [0.717, 1.165) is 10.2 Å². The Kier molecular flexibility index (Phi) is 4.49. The summed E-state index contributed by atoms with van der Waals surface area (Å²) in [6.45, 7) is 0.952. The van der Waals surface area contributed by atoms with Crippen molar-refractivity contribution in [3.05, 3.63) is 40.6 Å². The van der Waals surface area contributed by atoms with E-state index >= 15 is 0 Å². The summed E-state index contributed by atoms with van der Waals surface area (Å²) in [5.74, 6) is -0.405. The monoisotopic (exact) mass is 367 g/mol. The number of nitrogens with zero attached hydrogens (tertiary/aromatic N) is 3. The molecule has 8 heteroatoms. The van der Waals surface area contributed by atoms with Gasteiger partial charge in [0.1, 0.15) is 6.17 Å². The zero-order valence-corrected chi connectivity index (χ0v) is 13.3. The van der Waals surface area contributed by atoms with E-state index in [-0.39, 0.29) is 12.2 Å². The molecule has 1 fully saturated rings. The molecule has 3 rings (SSSR count). The van der Waals surface area contributed by atoms with Gasteiger partial charge in [0.25, 0.3) is 5.91 Å². The lowest BCUT2D eigenvalue weighted by Gasteiger charge is -2.27. The molecule has 2 atom stereocenters. The Morgan fingerprint density at radius 1 is 1.41 bits per heavy atom. The summed E-state index contributed by atoms with van der Waals surface area (Å²) >= 11 is 3.35. The number of aromatic nitrogens is 3. The highest BCUT2D eigenvalue weighted by molar-refractivity contribution is 9.10. The van der Waals surface area contributed by atoms with Crippen molar-refractivity contribution in [2.75, 3.05) is 13.1 Å². The number of carbonyl (C=O) groups is 1. The van der Waals surface area contributed by atoms with Crippen molar-refractivity contribution in [1.29, 1.82) is 0 Å². The molecule has 22 heavy (non-hydrogen) atoms. The summed E-state index contributed by atoms with van der Waals surface area (Å²) in [5.41, 5.74) is 0.918. The van der Waals surface area contributed by atoms with Crippen LogP contribution in [0.25, 0.3) is 5.69 Å². The van der Waals surface area contributed by atoms with Crippen molar-refractivity contribution in [2.45, 2.75) is 18.6 Å².